The summed E-state index contributed by atoms with van der Waals surface area (Å²) in [5.41, 5.74) is 13.7. The number of aryl methyl sites for hydroxylation is 2. The molecule has 84 valence electrons. The van der Waals surface area contributed by atoms with Crippen molar-refractivity contribution in [1.29, 1.82) is 0 Å². The zero-order chi connectivity index (χ0) is 11.9. The summed E-state index contributed by atoms with van der Waals surface area (Å²) in [5.74, 6) is 0.698. The number of nitrogens with two attached hydrogens (primary N) is 2. The number of nitrogen functional groups attached to an aromatic ring is 2. The molecule has 0 saturated carbocycles. The normalized spacial score (nSPS) is 10.7. The van der Waals surface area contributed by atoms with Gasteiger partial charge < -0.3 is 11.5 Å². The molecular weight excluding hydrogens is 206 g/mol. The lowest BCUT2D eigenvalue weighted by Crippen LogP contribution is -2.05. The molecule has 0 atom stereocenters. The Hall–Kier alpha value is -2.18. The highest BCUT2D eigenvalue weighted by atomic mass is 15.3. The Kier molecular flexibility index (Phi) is 2.22. The maximum Gasteiger partial charge on any atom is 0.225 e. The molecule has 0 unspecified atom stereocenters. The summed E-state index contributed by atoms with van der Waals surface area (Å²) in [6.07, 6.45) is 0. The van der Waals surface area contributed by atoms with Gasteiger partial charge in [0.2, 0.25) is 11.9 Å². The first kappa shape index (κ1) is 10.3. The molecule has 7 nitrogen and oxygen atoms in total. The maximum absolute atomic E-state index is 5.53. The van der Waals surface area contributed by atoms with Gasteiger partial charge in [0.1, 0.15) is 0 Å². The summed E-state index contributed by atoms with van der Waals surface area (Å²) in [6.45, 7) is 3.82. The highest BCUT2D eigenvalue weighted by molar-refractivity contribution is 5.62. The number of aromatic nitrogens is 5. The number of rotatable bonds is 1. The second-order valence-electron chi connectivity index (χ2n) is 3.54. The van der Waals surface area contributed by atoms with E-state index in [0.717, 1.165) is 17.0 Å². The zero-order valence-electron chi connectivity index (χ0n) is 9.39. The van der Waals surface area contributed by atoms with E-state index >= 15 is 0 Å². The Balaban J connectivity index is 2.67. The van der Waals surface area contributed by atoms with Crippen LogP contribution < -0.4 is 11.5 Å². The van der Waals surface area contributed by atoms with E-state index in [9.17, 15) is 0 Å². The molecule has 4 N–H and O–H groups in total. The Morgan fingerprint density at radius 3 is 2.00 bits per heavy atom. The summed E-state index contributed by atoms with van der Waals surface area (Å²) >= 11 is 0. The summed E-state index contributed by atoms with van der Waals surface area (Å²) < 4.78 is 1.76. The van der Waals surface area contributed by atoms with Crippen LogP contribution in [0, 0.1) is 13.8 Å². The monoisotopic (exact) mass is 219 g/mol. The molecule has 2 aromatic rings. The summed E-state index contributed by atoms with van der Waals surface area (Å²) in [7, 11) is 1.86. The molecule has 16 heavy (non-hydrogen) atoms. The molecule has 0 aliphatic carbocycles. The van der Waals surface area contributed by atoms with E-state index in [1.54, 1.807) is 4.68 Å². The largest absolute Gasteiger partial charge is 0.368 e. The van der Waals surface area contributed by atoms with Gasteiger partial charge >= 0.3 is 0 Å². The van der Waals surface area contributed by atoms with Crippen LogP contribution in [0.25, 0.3) is 11.4 Å². The minimum atomic E-state index is 0.116. The smallest absolute Gasteiger partial charge is 0.225 e. The topological polar surface area (TPSA) is 109 Å². The van der Waals surface area contributed by atoms with Crippen molar-refractivity contribution < 1.29 is 0 Å². The van der Waals surface area contributed by atoms with E-state index in [-0.39, 0.29) is 11.9 Å². The summed E-state index contributed by atoms with van der Waals surface area (Å²) in [5, 5.41) is 4.28. The van der Waals surface area contributed by atoms with E-state index < -0.39 is 0 Å². The van der Waals surface area contributed by atoms with Crippen LogP contribution >= 0.6 is 0 Å². The Labute approximate surface area is 92.5 Å². The molecule has 0 saturated heterocycles. The molecule has 7 heteroatoms. The molecule has 0 fully saturated rings. The molecule has 0 aromatic carbocycles. The lowest BCUT2D eigenvalue weighted by Gasteiger charge is -2.02. The van der Waals surface area contributed by atoms with E-state index in [2.05, 4.69) is 20.1 Å². The highest BCUT2D eigenvalue weighted by Crippen LogP contribution is 2.23. The zero-order valence-corrected chi connectivity index (χ0v) is 9.39. The molecule has 0 spiro atoms. The van der Waals surface area contributed by atoms with Gasteiger partial charge in [0.15, 0.2) is 5.82 Å². The van der Waals surface area contributed by atoms with Gasteiger partial charge in [0, 0.05) is 12.7 Å². The molecule has 0 amide bonds. The van der Waals surface area contributed by atoms with E-state index in [4.69, 9.17) is 11.5 Å². The third-order valence-corrected chi connectivity index (χ3v) is 2.40. The maximum atomic E-state index is 5.53. The minimum Gasteiger partial charge on any atom is -0.368 e. The van der Waals surface area contributed by atoms with Crippen LogP contribution in [0.5, 0.6) is 0 Å². The van der Waals surface area contributed by atoms with Crippen molar-refractivity contribution in [2.75, 3.05) is 11.5 Å². The number of hydrogen-bond donors (Lipinski definition) is 2. The van der Waals surface area contributed by atoms with Gasteiger partial charge in [-0.05, 0) is 13.8 Å². The van der Waals surface area contributed by atoms with Gasteiger partial charge in [-0.15, -0.1) is 0 Å². The number of anilines is 2. The first-order valence-corrected chi connectivity index (χ1v) is 4.76. The molecule has 2 heterocycles. The molecule has 2 rings (SSSR count). The van der Waals surface area contributed by atoms with Crippen molar-refractivity contribution in [3.05, 3.63) is 11.4 Å². The van der Waals surface area contributed by atoms with Crippen molar-refractivity contribution in [2.24, 2.45) is 7.05 Å². The lowest BCUT2D eigenvalue weighted by molar-refractivity contribution is 0.731. The summed E-state index contributed by atoms with van der Waals surface area (Å²) in [4.78, 5) is 11.9. The van der Waals surface area contributed by atoms with Gasteiger partial charge in [-0.3, -0.25) is 4.68 Å². The van der Waals surface area contributed by atoms with Crippen molar-refractivity contribution in [2.45, 2.75) is 13.8 Å². The van der Waals surface area contributed by atoms with Crippen LogP contribution in [0.2, 0.25) is 0 Å². The third-order valence-electron chi connectivity index (χ3n) is 2.40. The van der Waals surface area contributed by atoms with Crippen LogP contribution in [0.4, 0.5) is 11.9 Å². The van der Waals surface area contributed by atoms with Crippen molar-refractivity contribution >= 4 is 11.9 Å². The van der Waals surface area contributed by atoms with Crippen LogP contribution in [-0.4, -0.2) is 24.7 Å². The van der Waals surface area contributed by atoms with Crippen LogP contribution in [0.3, 0.4) is 0 Å². The fraction of sp³-hybridized carbons (Fsp3) is 0.333. The predicted octanol–water partition coefficient (Wildman–Crippen LogP) is 0.0533. The quantitative estimate of drug-likeness (QED) is 0.701. The number of nitrogens with zero attached hydrogens (tertiary/aromatic N) is 5. The van der Waals surface area contributed by atoms with Gasteiger partial charge in [-0.1, -0.05) is 0 Å². The standard InChI is InChI=1S/C9H13N7/c1-4-6(5(2)16(3)15-4)7-12-8(10)14-9(11)13-7/h1-3H3,(H4,10,11,12,13,14). The highest BCUT2D eigenvalue weighted by Gasteiger charge is 2.15. The minimum absolute atomic E-state index is 0.116. The number of hydrogen-bond acceptors (Lipinski definition) is 6. The first-order chi connectivity index (χ1) is 7.49. The van der Waals surface area contributed by atoms with Crippen LogP contribution in [0.1, 0.15) is 11.4 Å². The molecule has 0 aliphatic heterocycles. The Morgan fingerprint density at radius 2 is 1.56 bits per heavy atom. The van der Waals surface area contributed by atoms with Crippen LogP contribution in [0.15, 0.2) is 0 Å². The fourth-order valence-corrected chi connectivity index (χ4v) is 1.62. The van der Waals surface area contributed by atoms with Gasteiger partial charge in [0.05, 0.1) is 11.3 Å². The predicted molar refractivity (Wildman–Crippen MR) is 60.3 cm³/mol. The van der Waals surface area contributed by atoms with Gasteiger partial charge in [-0.25, -0.2) is 0 Å². The second kappa shape index (κ2) is 3.44. The Bertz CT molecular complexity index is 523. The van der Waals surface area contributed by atoms with Crippen LogP contribution in [-0.2, 0) is 7.05 Å². The first-order valence-electron chi connectivity index (χ1n) is 4.76. The Morgan fingerprint density at radius 1 is 1.00 bits per heavy atom. The van der Waals surface area contributed by atoms with Crippen molar-refractivity contribution in [1.82, 2.24) is 24.7 Å². The van der Waals surface area contributed by atoms with Gasteiger partial charge in [0.25, 0.3) is 0 Å². The lowest BCUT2D eigenvalue weighted by atomic mass is 10.2. The SMILES string of the molecule is Cc1nn(C)c(C)c1-c1nc(N)nc(N)n1. The van der Waals surface area contributed by atoms with E-state index in [1.165, 1.54) is 0 Å². The van der Waals surface area contributed by atoms with E-state index in [1.807, 2.05) is 20.9 Å². The molecule has 0 bridgehead atoms. The second-order valence-corrected chi connectivity index (χ2v) is 3.54. The average Bonchev–Trinajstić information content (AvgIpc) is 2.39. The third kappa shape index (κ3) is 1.56. The molecule has 2 aromatic heterocycles. The van der Waals surface area contributed by atoms with E-state index in [0.29, 0.717) is 5.82 Å². The molecule has 0 radical (unpaired) electrons. The van der Waals surface area contributed by atoms with Crippen molar-refractivity contribution in [3.63, 3.8) is 0 Å². The summed E-state index contributed by atoms with van der Waals surface area (Å²) in [6, 6.07) is 0. The fourth-order valence-electron chi connectivity index (χ4n) is 1.62. The van der Waals surface area contributed by atoms with Crippen molar-refractivity contribution in [3.8, 4) is 11.4 Å². The van der Waals surface area contributed by atoms with Gasteiger partial charge in [-0.2, -0.15) is 20.1 Å². The molecule has 0 aliphatic rings. The molecular formula is C9H13N7. The average molecular weight is 219 g/mol.